The summed E-state index contributed by atoms with van der Waals surface area (Å²) in [7, 11) is 0. The second-order valence-corrected chi connectivity index (χ2v) is 4.58. The number of thiocarbonyl (C=S) groups is 1. The molecule has 1 saturated heterocycles. The number of rotatable bonds is 0. The van der Waals surface area contributed by atoms with Crippen LogP contribution in [0.3, 0.4) is 0 Å². The molecule has 0 aromatic rings. The summed E-state index contributed by atoms with van der Waals surface area (Å²) in [5.74, 6) is 0.774. The molecule has 0 amide bonds. The van der Waals surface area contributed by atoms with E-state index in [9.17, 15) is 0 Å². The van der Waals surface area contributed by atoms with Crippen molar-refractivity contribution < 1.29 is 0 Å². The number of nitrogens with zero attached hydrogens (tertiary/aromatic N) is 1. The van der Waals surface area contributed by atoms with Crippen molar-refractivity contribution in [3.05, 3.63) is 0 Å². The van der Waals surface area contributed by atoms with Gasteiger partial charge >= 0.3 is 0 Å². The first kappa shape index (κ1) is 9.33. The van der Waals surface area contributed by atoms with Crippen LogP contribution in [0.2, 0.25) is 0 Å². The second-order valence-electron chi connectivity index (χ2n) is 3.47. The monoisotopic (exact) mass is 189 g/mol. The maximum Gasteiger partial charge on any atom is 0.133 e. The van der Waals surface area contributed by atoms with Crippen molar-refractivity contribution in [1.82, 2.24) is 4.90 Å². The quantitative estimate of drug-likeness (QED) is 0.460. The van der Waals surface area contributed by atoms with Crippen LogP contribution in [0.4, 0.5) is 0 Å². The normalized spacial score (nSPS) is 32.1. The van der Waals surface area contributed by atoms with Crippen LogP contribution in [-0.2, 0) is 0 Å². The molecule has 0 radical (unpaired) electrons. The molecule has 1 aliphatic heterocycles. The highest BCUT2D eigenvalue weighted by atomic mass is 32.1. The molecule has 0 bridgehead atoms. The van der Waals surface area contributed by atoms with Crippen molar-refractivity contribution >= 4 is 29.2 Å². The van der Waals surface area contributed by atoms with Crippen molar-refractivity contribution in [2.75, 3.05) is 6.54 Å². The summed E-state index contributed by atoms with van der Waals surface area (Å²) in [6.45, 7) is 5.57. The van der Waals surface area contributed by atoms with E-state index in [1.54, 1.807) is 0 Å². The lowest BCUT2D eigenvalue weighted by atomic mass is 9.96. The van der Waals surface area contributed by atoms with Gasteiger partial charge in [0.15, 0.2) is 0 Å². The van der Waals surface area contributed by atoms with Crippen LogP contribution in [0.1, 0.15) is 26.7 Å². The Morgan fingerprint density at radius 3 is 2.55 bits per heavy atom. The largest absolute Gasteiger partial charge is 0.355 e. The van der Waals surface area contributed by atoms with Gasteiger partial charge in [0.2, 0.25) is 0 Å². The summed E-state index contributed by atoms with van der Waals surface area (Å²) in [6, 6.07) is 0.594. The molecule has 0 aliphatic carbocycles. The first-order chi connectivity index (χ1) is 5.11. The lowest BCUT2D eigenvalue weighted by Gasteiger charge is -2.37. The van der Waals surface area contributed by atoms with Crippen molar-refractivity contribution in [2.45, 2.75) is 32.7 Å². The minimum atomic E-state index is 0.594. The Hall–Kier alpha value is 0.240. The van der Waals surface area contributed by atoms with E-state index in [1.165, 1.54) is 12.8 Å². The van der Waals surface area contributed by atoms with Crippen LogP contribution in [0, 0.1) is 5.92 Å². The summed E-state index contributed by atoms with van der Waals surface area (Å²) in [5, 5.41) is 0. The van der Waals surface area contributed by atoms with Crippen LogP contribution < -0.4 is 0 Å². The molecule has 1 rings (SSSR count). The fraction of sp³-hybridized carbons (Fsp3) is 0.875. The number of likely N-dealkylation sites (tertiary alicyclic amines) is 1. The fourth-order valence-corrected chi connectivity index (χ4v) is 2.09. The molecule has 3 heteroatoms. The Kier molecular flexibility index (Phi) is 3.19. The number of hydrogen-bond acceptors (Lipinski definition) is 1. The van der Waals surface area contributed by atoms with Gasteiger partial charge in [-0.1, -0.05) is 19.1 Å². The zero-order valence-corrected chi connectivity index (χ0v) is 8.79. The van der Waals surface area contributed by atoms with Crippen LogP contribution in [-0.4, -0.2) is 21.8 Å². The van der Waals surface area contributed by atoms with Gasteiger partial charge < -0.3 is 4.90 Å². The van der Waals surface area contributed by atoms with Crippen molar-refractivity contribution in [1.29, 1.82) is 0 Å². The zero-order chi connectivity index (χ0) is 8.43. The van der Waals surface area contributed by atoms with Crippen LogP contribution in [0.5, 0.6) is 0 Å². The molecule has 1 nitrogen and oxygen atoms in total. The van der Waals surface area contributed by atoms with Gasteiger partial charge in [-0.25, -0.2) is 0 Å². The van der Waals surface area contributed by atoms with E-state index >= 15 is 0 Å². The predicted octanol–water partition coefficient (Wildman–Crippen LogP) is 2.32. The topological polar surface area (TPSA) is 3.24 Å². The highest BCUT2D eigenvalue weighted by Gasteiger charge is 2.22. The van der Waals surface area contributed by atoms with Crippen molar-refractivity contribution in [3.63, 3.8) is 0 Å². The molecule has 0 saturated carbocycles. The zero-order valence-electron chi connectivity index (χ0n) is 7.08. The average molecular weight is 189 g/mol. The fourth-order valence-electron chi connectivity index (χ4n) is 1.56. The SMILES string of the molecule is CC1CCC(C)N(C(=S)S)C1. The Morgan fingerprint density at radius 2 is 2.09 bits per heavy atom. The standard InChI is InChI=1S/C8H15NS2/c1-6-3-4-7(2)9(5-6)8(10)11/h6-7H,3-5H2,1-2H3,(H,10,11). The lowest BCUT2D eigenvalue weighted by molar-refractivity contribution is 0.214. The van der Waals surface area contributed by atoms with Gasteiger partial charge in [0, 0.05) is 12.6 Å². The Morgan fingerprint density at radius 1 is 1.45 bits per heavy atom. The summed E-state index contributed by atoms with van der Waals surface area (Å²) in [5.41, 5.74) is 0. The molecule has 2 unspecified atom stereocenters. The summed E-state index contributed by atoms with van der Waals surface area (Å²) in [4.78, 5) is 2.21. The molecule has 0 spiro atoms. The molecule has 1 aliphatic rings. The lowest BCUT2D eigenvalue weighted by Crippen LogP contribution is -2.42. The van der Waals surface area contributed by atoms with E-state index in [2.05, 4.69) is 31.4 Å². The van der Waals surface area contributed by atoms with Gasteiger partial charge in [-0.2, -0.15) is 0 Å². The Labute approximate surface area is 79.6 Å². The third-order valence-electron chi connectivity index (χ3n) is 2.36. The molecule has 11 heavy (non-hydrogen) atoms. The van der Waals surface area contributed by atoms with Gasteiger partial charge in [0.1, 0.15) is 4.32 Å². The maximum absolute atomic E-state index is 5.04. The van der Waals surface area contributed by atoms with E-state index in [4.69, 9.17) is 12.2 Å². The number of thiol groups is 1. The molecular weight excluding hydrogens is 174 g/mol. The smallest absolute Gasteiger partial charge is 0.133 e. The van der Waals surface area contributed by atoms with E-state index in [0.29, 0.717) is 6.04 Å². The minimum absolute atomic E-state index is 0.594. The minimum Gasteiger partial charge on any atom is -0.355 e. The molecule has 0 aromatic heterocycles. The predicted molar refractivity (Wildman–Crippen MR) is 56.2 cm³/mol. The van der Waals surface area contributed by atoms with Gasteiger partial charge in [-0.15, -0.1) is 12.6 Å². The third-order valence-corrected chi connectivity index (χ3v) is 2.85. The van der Waals surface area contributed by atoms with Gasteiger partial charge in [0.25, 0.3) is 0 Å². The van der Waals surface area contributed by atoms with Crippen LogP contribution in [0.25, 0.3) is 0 Å². The van der Waals surface area contributed by atoms with Gasteiger partial charge in [-0.05, 0) is 25.7 Å². The third kappa shape index (κ3) is 2.34. The van der Waals surface area contributed by atoms with E-state index < -0.39 is 0 Å². The Balaban J connectivity index is 2.54. The van der Waals surface area contributed by atoms with E-state index in [-0.39, 0.29) is 0 Å². The first-order valence-electron chi connectivity index (χ1n) is 4.11. The average Bonchev–Trinajstić information content (AvgIpc) is 1.94. The molecule has 0 N–H and O–H groups in total. The molecule has 2 atom stereocenters. The van der Waals surface area contributed by atoms with Crippen LogP contribution >= 0.6 is 24.8 Å². The molecule has 0 aromatic carbocycles. The maximum atomic E-state index is 5.04. The van der Waals surface area contributed by atoms with Gasteiger partial charge in [-0.3, -0.25) is 0 Å². The van der Waals surface area contributed by atoms with E-state index in [0.717, 1.165) is 16.8 Å². The number of piperidine rings is 1. The number of hydrogen-bond donors (Lipinski definition) is 1. The summed E-state index contributed by atoms with van der Waals surface area (Å²) < 4.78 is 0.754. The van der Waals surface area contributed by atoms with E-state index in [1.807, 2.05) is 0 Å². The first-order valence-corrected chi connectivity index (χ1v) is 4.96. The molecule has 1 heterocycles. The van der Waals surface area contributed by atoms with Crippen LogP contribution in [0.15, 0.2) is 0 Å². The Bertz CT molecular complexity index is 158. The highest BCUT2D eigenvalue weighted by Crippen LogP contribution is 2.22. The second kappa shape index (κ2) is 3.76. The summed E-state index contributed by atoms with van der Waals surface area (Å²) >= 11 is 9.23. The molecule has 1 fully saturated rings. The molecular formula is C8H15NS2. The van der Waals surface area contributed by atoms with Crippen molar-refractivity contribution in [2.24, 2.45) is 5.92 Å². The molecule has 64 valence electrons. The van der Waals surface area contributed by atoms with Gasteiger partial charge in [0.05, 0.1) is 0 Å². The highest BCUT2D eigenvalue weighted by molar-refractivity contribution is 8.10. The van der Waals surface area contributed by atoms with Crippen molar-refractivity contribution in [3.8, 4) is 0 Å². The summed E-state index contributed by atoms with van der Waals surface area (Å²) in [6.07, 6.45) is 2.58.